The molecule has 2 atom stereocenters. The van der Waals surface area contributed by atoms with E-state index >= 15 is 0 Å². The van der Waals surface area contributed by atoms with Crippen molar-refractivity contribution >= 4 is 28.9 Å². The number of aromatic amines is 1. The first-order valence-electron chi connectivity index (χ1n) is 8.73. The second-order valence-corrected chi connectivity index (χ2v) is 7.03. The smallest absolute Gasteiger partial charge is 0.321 e. The summed E-state index contributed by atoms with van der Waals surface area (Å²) in [6, 6.07) is 14.5. The fourth-order valence-electron chi connectivity index (χ4n) is 3.36. The van der Waals surface area contributed by atoms with Gasteiger partial charge in [-0.15, -0.1) is 10.2 Å². The number of benzene rings is 2. The number of rotatable bonds is 4. The molecule has 29 heavy (non-hydrogen) atoms. The maximum absolute atomic E-state index is 14.5. The van der Waals surface area contributed by atoms with Crippen LogP contribution < -0.4 is 10.6 Å². The van der Waals surface area contributed by atoms with Crippen molar-refractivity contribution in [2.24, 2.45) is 5.73 Å². The fourth-order valence-corrected chi connectivity index (χ4v) is 3.76. The third-order valence-electron chi connectivity index (χ3n) is 4.68. The molecule has 0 spiro atoms. The van der Waals surface area contributed by atoms with E-state index in [2.05, 4.69) is 20.6 Å². The van der Waals surface area contributed by atoms with Crippen LogP contribution in [0.25, 0.3) is 5.57 Å². The van der Waals surface area contributed by atoms with Crippen molar-refractivity contribution in [1.82, 2.24) is 20.6 Å². The van der Waals surface area contributed by atoms with Gasteiger partial charge in [0.05, 0.1) is 11.6 Å². The van der Waals surface area contributed by atoms with Crippen LogP contribution in [0, 0.1) is 5.82 Å². The lowest BCUT2D eigenvalue weighted by Gasteiger charge is -2.41. The van der Waals surface area contributed by atoms with Gasteiger partial charge in [-0.2, -0.15) is 5.21 Å². The van der Waals surface area contributed by atoms with Crippen LogP contribution in [0.1, 0.15) is 17.3 Å². The number of carbonyl (C=O) groups excluding carboxylic acids is 1. The molecule has 0 bridgehead atoms. The van der Waals surface area contributed by atoms with Crippen LogP contribution >= 0.6 is 11.6 Å². The van der Waals surface area contributed by atoms with Gasteiger partial charge in [-0.1, -0.05) is 71.4 Å². The average molecular weight is 411 g/mol. The molecule has 146 valence electrons. The Morgan fingerprint density at radius 1 is 1.17 bits per heavy atom. The van der Waals surface area contributed by atoms with Crippen LogP contribution in [0.3, 0.4) is 0 Å². The number of amides is 2. The van der Waals surface area contributed by atoms with Gasteiger partial charge in [0.1, 0.15) is 5.82 Å². The van der Waals surface area contributed by atoms with E-state index in [0.717, 1.165) is 16.0 Å². The molecule has 0 aliphatic heterocycles. The number of allylic oxidation sites excluding steroid dienone is 2. The third-order valence-corrected chi connectivity index (χ3v) is 5.21. The number of alkyl halides is 1. The van der Waals surface area contributed by atoms with Gasteiger partial charge in [-0.25, -0.2) is 9.18 Å². The normalized spacial score (nSPS) is 20.9. The number of tetrazole rings is 1. The fraction of sp³-hybridized carbons (Fsp3) is 0.100. The first-order chi connectivity index (χ1) is 14.0. The number of hydrogen-bond acceptors (Lipinski definition) is 4. The van der Waals surface area contributed by atoms with E-state index in [4.69, 9.17) is 17.3 Å². The Hall–Kier alpha value is -3.52. The molecule has 4 rings (SSSR count). The lowest BCUT2D eigenvalue weighted by atomic mass is 9.86. The summed E-state index contributed by atoms with van der Waals surface area (Å²) in [4.78, 5) is 11.8. The van der Waals surface area contributed by atoms with Gasteiger partial charge in [0.25, 0.3) is 0 Å². The van der Waals surface area contributed by atoms with E-state index in [9.17, 15) is 9.18 Å². The number of nitrogens with zero attached hydrogens (tertiary/aromatic N) is 4. The van der Waals surface area contributed by atoms with E-state index in [1.807, 2.05) is 36.4 Å². The van der Waals surface area contributed by atoms with Crippen LogP contribution in [0.2, 0.25) is 0 Å². The number of carbonyl (C=O) groups is 1. The largest absolute Gasteiger partial charge is 0.351 e. The molecule has 1 aromatic heterocycles. The average Bonchev–Trinajstić information content (AvgIpc) is 3.25. The van der Waals surface area contributed by atoms with Crippen LogP contribution in [0.15, 0.2) is 72.8 Å². The zero-order chi connectivity index (χ0) is 20.4. The topological polar surface area (TPSA) is 101 Å². The first-order valence-corrected chi connectivity index (χ1v) is 9.11. The molecule has 9 heteroatoms. The summed E-state index contributed by atoms with van der Waals surface area (Å²) < 4.78 is 14.5. The molecular formula is C20H16ClFN6O. The molecule has 2 amide bonds. The third kappa shape index (κ3) is 3.38. The van der Waals surface area contributed by atoms with E-state index in [1.54, 1.807) is 18.2 Å². The number of nitrogens with two attached hydrogens (primary N) is 1. The molecule has 2 unspecified atom stereocenters. The highest BCUT2D eigenvalue weighted by Gasteiger charge is 2.47. The number of H-pyrrole nitrogens is 1. The van der Waals surface area contributed by atoms with E-state index in [0.29, 0.717) is 0 Å². The second-order valence-electron chi connectivity index (χ2n) is 6.42. The van der Waals surface area contributed by atoms with Gasteiger partial charge in [0.15, 0.2) is 10.8 Å². The first kappa shape index (κ1) is 18.8. The molecular weight excluding hydrogens is 395 g/mol. The van der Waals surface area contributed by atoms with Gasteiger partial charge in [-0.05, 0) is 29.3 Å². The highest BCUT2D eigenvalue weighted by Crippen LogP contribution is 2.45. The van der Waals surface area contributed by atoms with Gasteiger partial charge in [0, 0.05) is 0 Å². The zero-order valence-corrected chi connectivity index (χ0v) is 15.8. The number of aromatic nitrogens is 4. The monoisotopic (exact) mass is 410 g/mol. The Morgan fingerprint density at radius 3 is 2.55 bits per heavy atom. The van der Waals surface area contributed by atoms with Crippen molar-refractivity contribution in [3.8, 4) is 0 Å². The maximum Gasteiger partial charge on any atom is 0.321 e. The van der Waals surface area contributed by atoms with Crippen LogP contribution in [0.4, 0.5) is 14.9 Å². The lowest BCUT2D eigenvalue weighted by molar-refractivity contribution is 0.250. The van der Waals surface area contributed by atoms with Crippen molar-refractivity contribution in [1.29, 1.82) is 0 Å². The molecule has 0 saturated heterocycles. The molecule has 1 aliphatic carbocycles. The van der Waals surface area contributed by atoms with Crippen LogP contribution in [-0.4, -0.2) is 31.7 Å². The van der Waals surface area contributed by atoms with Gasteiger partial charge in [0.2, 0.25) is 0 Å². The standard InChI is InChI=1S/C20H16ClFN6O/c21-20(28(19(23)29)17-9-5-4-8-16(17)22)11-10-14(13-6-2-1-3-7-13)12-15(20)18-24-26-27-25-18/h1-12,15H,(H2,23,29)(H,24,25,26,27). The maximum atomic E-state index is 14.5. The number of primary amides is 1. The minimum absolute atomic E-state index is 0.0512. The Morgan fingerprint density at radius 2 is 1.90 bits per heavy atom. The van der Waals surface area contributed by atoms with Crippen LogP contribution in [0.5, 0.6) is 0 Å². The van der Waals surface area contributed by atoms with Crippen molar-refractivity contribution in [3.05, 3.63) is 90.0 Å². The van der Waals surface area contributed by atoms with E-state index in [-0.39, 0.29) is 11.5 Å². The van der Waals surface area contributed by atoms with Crippen LogP contribution in [-0.2, 0) is 0 Å². The van der Waals surface area contributed by atoms with E-state index < -0.39 is 22.8 Å². The molecule has 0 fully saturated rings. The highest BCUT2D eigenvalue weighted by molar-refractivity contribution is 6.30. The molecule has 2 aromatic carbocycles. The molecule has 3 aromatic rings. The summed E-state index contributed by atoms with van der Waals surface area (Å²) in [5, 5.41) is 14.1. The van der Waals surface area contributed by atoms with Crippen molar-refractivity contribution in [3.63, 3.8) is 0 Å². The van der Waals surface area contributed by atoms with Crippen molar-refractivity contribution in [2.75, 3.05) is 4.90 Å². The quantitative estimate of drug-likeness (QED) is 0.507. The summed E-state index contributed by atoms with van der Waals surface area (Å²) >= 11 is 6.96. The van der Waals surface area contributed by atoms with Gasteiger partial charge in [-0.3, -0.25) is 4.90 Å². The zero-order valence-electron chi connectivity index (χ0n) is 15.0. The predicted octanol–water partition coefficient (Wildman–Crippen LogP) is 3.60. The number of hydrogen-bond donors (Lipinski definition) is 2. The number of para-hydroxylation sites is 1. The highest BCUT2D eigenvalue weighted by atomic mass is 35.5. The molecule has 0 radical (unpaired) electrons. The summed E-state index contributed by atoms with van der Waals surface area (Å²) in [6.07, 6.45) is 5.16. The van der Waals surface area contributed by atoms with E-state index in [1.165, 1.54) is 18.2 Å². The molecule has 7 nitrogen and oxygen atoms in total. The number of nitrogens with one attached hydrogen (secondary N) is 1. The summed E-state index contributed by atoms with van der Waals surface area (Å²) in [6.45, 7) is 0. The molecule has 1 aliphatic rings. The number of urea groups is 1. The minimum atomic E-state index is -1.59. The summed E-state index contributed by atoms with van der Waals surface area (Å²) in [5.41, 5.74) is 7.36. The molecule has 1 heterocycles. The Bertz CT molecular complexity index is 1090. The molecule has 0 saturated carbocycles. The van der Waals surface area contributed by atoms with Gasteiger partial charge >= 0.3 is 6.03 Å². The predicted molar refractivity (Wildman–Crippen MR) is 108 cm³/mol. The Labute approximate surface area is 170 Å². The Kier molecular flexibility index (Phi) is 4.85. The van der Waals surface area contributed by atoms with Gasteiger partial charge < -0.3 is 5.73 Å². The minimum Gasteiger partial charge on any atom is -0.351 e. The number of halogens is 2. The Balaban J connectivity index is 1.87. The summed E-state index contributed by atoms with van der Waals surface area (Å²) in [7, 11) is 0. The van der Waals surface area contributed by atoms with Crippen molar-refractivity contribution in [2.45, 2.75) is 10.9 Å². The SMILES string of the molecule is NC(=O)N(c1ccccc1F)C1(Cl)C=CC(c2ccccc2)=CC1c1nn[nH]n1. The number of anilines is 1. The summed E-state index contributed by atoms with van der Waals surface area (Å²) in [5.74, 6) is -1.15. The lowest BCUT2D eigenvalue weighted by Crippen LogP contribution is -2.54. The van der Waals surface area contributed by atoms with Crippen molar-refractivity contribution < 1.29 is 9.18 Å². The second kappa shape index (κ2) is 7.48. The molecule has 3 N–H and O–H groups in total.